The first kappa shape index (κ1) is 7.63. The van der Waals surface area contributed by atoms with Crippen LogP contribution in [0.3, 0.4) is 0 Å². The van der Waals surface area contributed by atoms with Crippen molar-refractivity contribution in [1.82, 2.24) is 4.98 Å². The third kappa shape index (κ3) is 1.52. The predicted octanol–water partition coefficient (Wildman–Crippen LogP) is 1.48. The zero-order valence-electron chi connectivity index (χ0n) is 5.01. The van der Waals surface area contributed by atoms with Gasteiger partial charge in [0.25, 0.3) is 0 Å². The number of nitrogens with zero attached hydrogens (tertiary/aromatic N) is 1. The molecule has 0 aromatic carbocycles. The molecule has 0 radical (unpaired) electrons. The van der Waals surface area contributed by atoms with Gasteiger partial charge in [0.1, 0.15) is 10.4 Å². The van der Waals surface area contributed by atoms with Crippen LogP contribution in [-0.2, 0) is 6.61 Å². The molecule has 0 aliphatic rings. The van der Waals surface area contributed by atoms with Gasteiger partial charge in [-0.3, -0.25) is 0 Å². The summed E-state index contributed by atoms with van der Waals surface area (Å²) in [6.45, 7) is -0.313. The van der Waals surface area contributed by atoms with E-state index in [1.807, 2.05) is 0 Å². The lowest BCUT2D eigenvalue weighted by molar-refractivity contribution is 0.275. The van der Waals surface area contributed by atoms with E-state index in [2.05, 4.69) is 20.9 Å². The van der Waals surface area contributed by atoms with Crippen LogP contribution in [-0.4, -0.2) is 10.1 Å². The van der Waals surface area contributed by atoms with Gasteiger partial charge < -0.3 is 5.11 Å². The number of aliphatic hydroxyl groups excluding tert-OH is 1. The van der Waals surface area contributed by atoms with E-state index in [9.17, 15) is 4.39 Å². The largest absolute Gasteiger partial charge is 0.392 e. The fourth-order valence-electron chi connectivity index (χ4n) is 0.552. The number of hydrogen-bond donors (Lipinski definition) is 1. The number of hydrogen-bond acceptors (Lipinski definition) is 2. The third-order valence-corrected chi connectivity index (χ3v) is 1.50. The highest BCUT2D eigenvalue weighted by Crippen LogP contribution is 2.11. The van der Waals surface area contributed by atoms with Crippen molar-refractivity contribution in [3.05, 3.63) is 28.2 Å². The first-order valence-electron chi connectivity index (χ1n) is 2.65. The van der Waals surface area contributed by atoms with Crippen molar-refractivity contribution < 1.29 is 9.50 Å². The highest BCUT2D eigenvalue weighted by atomic mass is 79.9. The molecule has 2 nitrogen and oxygen atoms in total. The smallest absolute Gasteiger partial charge is 0.132 e. The highest BCUT2D eigenvalue weighted by molar-refractivity contribution is 9.10. The van der Waals surface area contributed by atoms with Gasteiger partial charge in [0.05, 0.1) is 6.61 Å². The van der Waals surface area contributed by atoms with Gasteiger partial charge in [-0.05, 0) is 15.9 Å². The van der Waals surface area contributed by atoms with Crippen molar-refractivity contribution in [3.8, 4) is 0 Å². The van der Waals surface area contributed by atoms with Gasteiger partial charge in [0, 0.05) is 17.8 Å². The molecule has 0 aliphatic heterocycles. The molecule has 1 N–H and O–H groups in total. The molecule has 1 rings (SSSR count). The number of rotatable bonds is 1. The van der Waals surface area contributed by atoms with Crippen LogP contribution in [0.25, 0.3) is 0 Å². The molecule has 0 bridgehead atoms. The second-order valence-corrected chi connectivity index (χ2v) is 2.57. The fourth-order valence-corrected chi connectivity index (χ4v) is 0.855. The van der Waals surface area contributed by atoms with Crippen LogP contribution in [0.1, 0.15) is 5.56 Å². The molecule has 4 heteroatoms. The maximum atomic E-state index is 12.6. The van der Waals surface area contributed by atoms with Crippen molar-refractivity contribution in [2.45, 2.75) is 6.61 Å². The Labute approximate surface area is 65.8 Å². The number of pyridine rings is 1. The Morgan fingerprint density at radius 2 is 2.40 bits per heavy atom. The molecule has 1 aromatic heterocycles. The molecule has 0 aliphatic carbocycles. The molecule has 0 fully saturated rings. The van der Waals surface area contributed by atoms with Gasteiger partial charge in [-0.25, -0.2) is 9.37 Å². The number of aliphatic hydroxyl groups is 1. The average molecular weight is 206 g/mol. The Bertz CT molecular complexity index is 241. The lowest BCUT2D eigenvalue weighted by atomic mass is 10.3. The van der Waals surface area contributed by atoms with Gasteiger partial charge in [-0.15, -0.1) is 0 Å². The molecule has 0 amide bonds. The van der Waals surface area contributed by atoms with Crippen LogP contribution in [0.5, 0.6) is 0 Å². The molecule has 10 heavy (non-hydrogen) atoms. The van der Waals surface area contributed by atoms with Crippen molar-refractivity contribution in [3.63, 3.8) is 0 Å². The fraction of sp³-hybridized carbons (Fsp3) is 0.167. The van der Waals surface area contributed by atoms with Gasteiger partial charge >= 0.3 is 0 Å². The summed E-state index contributed by atoms with van der Waals surface area (Å²) in [5.74, 6) is -0.440. The zero-order chi connectivity index (χ0) is 7.56. The molecule has 0 unspecified atom stereocenters. The van der Waals surface area contributed by atoms with E-state index in [4.69, 9.17) is 5.11 Å². The number of halogens is 2. The minimum Gasteiger partial charge on any atom is -0.392 e. The maximum Gasteiger partial charge on any atom is 0.132 e. The maximum absolute atomic E-state index is 12.6. The Morgan fingerprint density at radius 3 is 2.90 bits per heavy atom. The Morgan fingerprint density at radius 1 is 1.70 bits per heavy atom. The Hall–Kier alpha value is -0.480. The summed E-state index contributed by atoms with van der Waals surface area (Å²) in [6, 6.07) is 1.21. The Balaban J connectivity index is 3.07. The molecular weight excluding hydrogens is 201 g/mol. The topological polar surface area (TPSA) is 33.1 Å². The van der Waals surface area contributed by atoms with Gasteiger partial charge in [0.2, 0.25) is 0 Å². The lowest BCUT2D eigenvalue weighted by Gasteiger charge is -1.96. The summed E-state index contributed by atoms with van der Waals surface area (Å²) in [6.07, 6.45) is 1.29. The second kappa shape index (κ2) is 3.07. The second-order valence-electron chi connectivity index (χ2n) is 1.76. The minimum absolute atomic E-state index is 0.211. The monoisotopic (exact) mass is 205 g/mol. The third-order valence-electron chi connectivity index (χ3n) is 1.07. The van der Waals surface area contributed by atoms with Crippen molar-refractivity contribution in [2.24, 2.45) is 0 Å². The van der Waals surface area contributed by atoms with E-state index >= 15 is 0 Å². The molecule has 1 aromatic rings. The molecule has 0 atom stereocenters. The minimum atomic E-state index is -0.440. The summed E-state index contributed by atoms with van der Waals surface area (Å²) < 4.78 is 13.1. The lowest BCUT2D eigenvalue weighted by Crippen LogP contribution is -1.90. The Kier molecular flexibility index (Phi) is 2.34. The van der Waals surface area contributed by atoms with Gasteiger partial charge in [0.15, 0.2) is 0 Å². The number of aromatic nitrogens is 1. The predicted molar refractivity (Wildman–Crippen MR) is 37.8 cm³/mol. The summed E-state index contributed by atoms with van der Waals surface area (Å²) >= 11 is 2.99. The van der Waals surface area contributed by atoms with Crippen LogP contribution in [0.15, 0.2) is 16.9 Å². The summed E-state index contributed by atoms with van der Waals surface area (Å²) in [5, 5.41) is 8.51. The van der Waals surface area contributed by atoms with E-state index < -0.39 is 5.82 Å². The molecular formula is C6H5BrFNO. The summed E-state index contributed by atoms with van der Waals surface area (Å²) in [4.78, 5) is 3.73. The zero-order valence-corrected chi connectivity index (χ0v) is 6.60. The molecule has 0 saturated carbocycles. The van der Waals surface area contributed by atoms with Crippen LogP contribution in [0.4, 0.5) is 4.39 Å². The summed E-state index contributed by atoms with van der Waals surface area (Å²) in [5.41, 5.74) is 0.211. The standard InChI is InChI=1S/C6H5BrFNO/c7-6-1-5(8)4(3-10)2-9-6/h1-2,10H,3H2. The molecule has 54 valence electrons. The first-order valence-corrected chi connectivity index (χ1v) is 3.44. The normalized spacial score (nSPS) is 9.90. The molecule has 0 saturated heterocycles. The highest BCUT2D eigenvalue weighted by Gasteiger charge is 2.00. The van der Waals surface area contributed by atoms with Crippen molar-refractivity contribution >= 4 is 15.9 Å². The SMILES string of the molecule is OCc1cnc(Br)cc1F. The van der Waals surface area contributed by atoms with Gasteiger partial charge in [-0.1, -0.05) is 0 Å². The van der Waals surface area contributed by atoms with E-state index in [0.29, 0.717) is 4.60 Å². The summed E-state index contributed by atoms with van der Waals surface area (Å²) in [7, 11) is 0. The van der Waals surface area contributed by atoms with E-state index in [1.165, 1.54) is 12.3 Å². The average Bonchev–Trinajstić information content (AvgIpc) is 1.88. The van der Waals surface area contributed by atoms with E-state index in [1.54, 1.807) is 0 Å². The van der Waals surface area contributed by atoms with E-state index in [-0.39, 0.29) is 12.2 Å². The quantitative estimate of drug-likeness (QED) is 0.705. The van der Waals surface area contributed by atoms with Crippen LogP contribution < -0.4 is 0 Å². The van der Waals surface area contributed by atoms with E-state index in [0.717, 1.165) is 0 Å². The van der Waals surface area contributed by atoms with Crippen LogP contribution in [0, 0.1) is 5.82 Å². The van der Waals surface area contributed by atoms with Gasteiger partial charge in [-0.2, -0.15) is 0 Å². The van der Waals surface area contributed by atoms with Crippen molar-refractivity contribution in [1.29, 1.82) is 0 Å². The van der Waals surface area contributed by atoms with Crippen molar-refractivity contribution in [2.75, 3.05) is 0 Å². The first-order chi connectivity index (χ1) is 4.74. The molecule has 0 spiro atoms. The molecule has 1 heterocycles. The van der Waals surface area contributed by atoms with Crippen LogP contribution >= 0.6 is 15.9 Å². The van der Waals surface area contributed by atoms with Crippen LogP contribution in [0.2, 0.25) is 0 Å².